The van der Waals surface area contributed by atoms with Crippen molar-refractivity contribution in [2.75, 3.05) is 24.5 Å². The van der Waals surface area contributed by atoms with Crippen molar-refractivity contribution in [2.24, 2.45) is 5.92 Å². The lowest BCUT2D eigenvalue weighted by Crippen LogP contribution is -2.52. The van der Waals surface area contributed by atoms with Crippen LogP contribution in [0.15, 0.2) is 54.7 Å². The monoisotopic (exact) mass is 575 g/mol. The molecule has 10 heteroatoms. The highest BCUT2D eigenvalue weighted by Gasteiger charge is 2.39. The van der Waals surface area contributed by atoms with Crippen molar-refractivity contribution in [1.82, 2.24) is 20.5 Å². The van der Waals surface area contributed by atoms with Crippen LogP contribution in [0.1, 0.15) is 47.2 Å². The van der Waals surface area contributed by atoms with Gasteiger partial charge in [-0.1, -0.05) is 35.9 Å². The number of aromatic nitrogens is 1. The molecule has 1 aromatic heterocycles. The number of piperidine rings is 2. The third-order valence-electron chi connectivity index (χ3n) is 8.24. The van der Waals surface area contributed by atoms with Gasteiger partial charge in [-0.05, 0) is 72.7 Å². The van der Waals surface area contributed by atoms with Gasteiger partial charge in [-0.15, -0.1) is 0 Å². The highest BCUT2D eigenvalue weighted by atomic mass is 35.5. The van der Waals surface area contributed by atoms with Gasteiger partial charge in [0.15, 0.2) is 11.6 Å². The molecular formula is C31H31ClFN5O3. The number of benzene rings is 2. The fourth-order valence-corrected chi connectivity index (χ4v) is 6.19. The van der Waals surface area contributed by atoms with Crippen LogP contribution >= 0.6 is 11.6 Å². The second-order valence-corrected chi connectivity index (χ2v) is 11.4. The van der Waals surface area contributed by atoms with Gasteiger partial charge in [-0.3, -0.25) is 19.7 Å². The highest BCUT2D eigenvalue weighted by molar-refractivity contribution is 6.30. The predicted molar refractivity (Wildman–Crippen MR) is 154 cm³/mol. The Morgan fingerprint density at radius 3 is 2.61 bits per heavy atom. The molecule has 212 valence electrons. The lowest BCUT2D eigenvalue weighted by Gasteiger charge is -2.33. The zero-order valence-corrected chi connectivity index (χ0v) is 23.3. The first-order chi connectivity index (χ1) is 19.9. The van der Waals surface area contributed by atoms with Crippen LogP contribution in [-0.2, 0) is 22.7 Å². The molecule has 3 aliphatic heterocycles. The standard InChI is InChI=1S/C31H31ClFN5O3/c32-24-3-1-2-21(13-24)22-14-26(33)29(35-17-22)37-10-8-19(9-11-37)15-34-16-20-4-5-25-23(12-20)18-38(31(25)41)27-6-7-28(39)36-30(27)40/h1-5,12-14,17,19,27,34H,6-11,15-16,18H2,(H,36,39,40). The molecule has 6 rings (SSSR count). The van der Waals surface area contributed by atoms with Gasteiger partial charge in [-0.25, -0.2) is 9.37 Å². The Kier molecular flexibility index (Phi) is 7.73. The van der Waals surface area contributed by atoms with Gasteiger partial charge in [0.2, 0.25) is 11.8 Å². The Balaban J connectivity index is 0.989. The molecule has 2 aromatic carbocycles. The molecule has 3 amide bonds. The molecule has 2 fully saturated rings. The number of halogens is 2. The number of amides is 3. The highest BCUT2D eigenvalue weighted by Crippen LogP contribution is 2.30. The first-order valence-corrected chi connectivity index (χ1v) is 14.4. The third-order valence-corrected chi connectivity index (χ3v) is 8.48. The van der Waals surface area contributed by atoms with E-state index in [2.05, 4.69) is 15.6 Å². The molecule has 2 N–H and O–H groups in total. The van der Waals surface area contributed by atoms with Crippen molar-refractivity contribution < 1.29 is 18.8 Å². The van der Waals surface area contributed by atoms with Crippen molar-refractivity contribution in [1.29, 1.82) is 0 Å². The summed E-state index contributed by atoms with van der Waals surface area (Å²) >= 11 is 6.08. The Labute approximate surface area is 242 Å². The van der Waals surface area contributed by atoms with E-state index in [4.69, 9.17) is 11.6 Å². The van der Waals surface area contributed by atoms with E-state index < -0.39 is 11.9 Å². The van der Waals surface area contributed by atoms with Crippen LogP contribution in [0.2, 0.25) is 5.02 Å². The minimum absolute atomic E-state index is 0.161. The number of hydrogen-bond acceptors (Lipinski definition) is 6. The maximum atomic E-state index is 15.0. The molecule has 3 aliphatic rings. The van der Waals surface area contributed by atoms with Gasteiger partial charge in [0.25, 0.3) is 5.91 Å². The van der Waals surface area contributed by atoms with Gasteiger partial charge in [0, 0.05) is 54.9 Å². The molecule has 2 saturated heterocycles. The summed E-state index contributed by atoms with van der Waals surface area (Å²) in [4.78, 5) is 44.7. The number of anilines is 1. The lowest BCUT2D eigenvalue weighted by molar-refractivity contribution is -0.136. The summed E-state index contributed by atoms with van der Waals surface area (Å²) in [6, 6.07) is 14.0. The quantitative estimate of drug-likeness (QED) is 0.408. The predicted octanol–water partition coefficient (Wildman–Crippen LogP) is 4.31. The topological polar surface area (TPSA) is 94.6 Å². The van der Waals surface area contributed by atoms with Crippen LogP contribution in [-0.4, -0.2) is 53.3 Å². The molecule has 0 aliphatic carbocycles. The Hall–Kier alpha value is -3.82. The minimum atomic E-state index is -0.607. The SMILES string of the molecule is O=C1CCC(N2Cc3cc(CNCC4CCN(c5ncc(-c6cccc(Cl)c6)cc5F)CC4)ccc3C2=O)C(=O)N1. The molecule has 41 heavy (non-hydrogen) atoms. The Morgan fingerprint density at radius 1 is 1.02 bits per heavy atom. The first kappa shape index (κ1) is 27.4. The van der Waals surface area contributed by atoms with E-state index in [1.54, 1.807) is 23.2 Å². The van der Waals surface area contributed by atoms with Crippen molar-refractivity contribution in [3.63, 3.8) is 0 Å². The van der Waals surface area contributed by atoms with Crippen LogP contribution < -0.4 is 15.5 Å². The van der Waals surface area contributed by atoms with Crippen molar-refractivity contribution in [2.45, 2.75) is 44.8 Å². The van der Waals surface area contributed by atoms with E-state index in [0.717, 1.165) is 49.2 Å². The number of fused-ring (bicyclic) bond motifs is 1. The van der Waals surface area contributed by atoms with Gasteiger partial charge in [0.05, 0.1) is 0 Å². The van der Waals surface area contributed by atoms with Gasteiger partial charge < -0.3 is 15.1 Å². The van der Waals surface area contributed by atoms with Crippen molar-refractivity contribution >= 4 is 35.1 Å². The Bertz CT molecular complexity index is 1510. The molecular weight excluding hydrogens is 545 g/mol. The van der Waals surface area contributed by atoms with Gasteiger partial charge in [0.1, 0.15) is 6.04 Å². The van der Waals surface area contributed by atoms with E-state index in [1.807, 2.05) is 35.2 Å². The average molecular weight is 576 g/mol. The minimum Gasteiger partial charge on any atom is -0.354 e. The lowest BCUT2D eigenvalue weighted by atomic mass is 9.96. The maximum Gasteiger partial charge on any atom is 0.255 e. The fraction of sp³-hybridized carbons (Fsp3) is 0.355. The van der Waals surface area contributed by atoms with Gasteiger partial charge in [-0.2, -0.15) is 0 Å². The number of nitrogens with zero attached hydrogens (tertiary/aromatic N) is 3. The van der Waals surface area contributed by atoms with Gasteiger partial charge >= 0.3 is 0 Å². The van der Waals surface area contributed by atoms with E-state index in [1.165, 1.54) is 6.07 Å². The maximum absolute atomic E-state index is 15.0. The Morgan fingerprint density at radius 2 is 1.85 bits per heavy atom. The second-order valence-electron chi connectivity index (χ2n) is 11.0. The molecule has 1 unspecified atom stereocenters. The summed E-state index contributed by atoms with van der Waals surface area (Å²) in [5.74, 6) is -0.318. The molecule has 0 bridgehead atoms. The summed E-state index contributed by atoms with van der Waals surface area (Å²) in [6.45, 7) is 3.36. The van der Waals surface area contributed by atoms with Crippen LogP contribution in [0.4, 0.5) is 10.2 Å². The van der Waals surface area contributed by atoms with E-state index in [-0.39, 0.29) is 24.1 Å². The summed E-state index contributed by atoms with van der Waals surface area (Å²) in [5.41, 5.74) is 4.13. The molecule has 0 saturated carbocycles. The number of imide groups is 1. The average Bonchev–Trinajstić information content (AvgIpc) is 3.28. The number of rotatable bonds is 7. The summed E-state index contributed by atoms with van der Waals surface area (Å²) < 4.78 is 15.0. The first-order valence-electron chi connectivity index (χ1n) is 14.0. The molecule has 0 spiro atoms. The molecule has 3 aromatic rings. The number of carbonyl (C=O) groups is 3. The molecule has 4 heterocycles. The summed E-state index contributed by atoms with van der Waals surface area (Å²) in [6.07, 6.45) is 4.17. The third kappa shape index (κ3) is 5.83. The van der Waals surface area contributed by atoms with E-state index in [9.17, 15) is 18.8 Å². The molecule has 8 nitrogen and oxygen atoms in total. The van der Waals surface area contributed by atoms with Crippen molar-refractivity contribution in [3.05, 3.63) is 82.3 Å². The second kappa shape index (κ2) is 11.6. The molecule has 0 radical (unpaired) electrons. The summed E-state index contributed by atoms with van der Waals surface area (Å²) in [7, 11) is 0. The number of hydrogen-bond donors (Lipinski definition) is 2. The largest absolute Gasteiger partial charge is 0.354 e. The van der Waals surface area contributed by atoms with Crippen LogP contribution in [0.3, 0.4) is 0 Å². The molecule has 1 atom stereocenters. The van der Waals surface area contributed by atoms with Crippen LogP contribution in [0.25, 0.3) is 11.1 Å². The number of nitrogens with one attached hydrogen (secondary N) is 2. The summed E-state index contributed by atoms with van der Waals surface area (Å²) in [5, 5.41) is 6.48. The zero-order valence-electron chi connectivity index (χ0n) is 22.5. The fourth-order valence-electron chi connectivity index (χ4n) is 6.00. The normalized spacial score (nSPS) is 19.5. The van der Waals surface area contributed by atoms with E-state index >= 15 is 0 Å². The number of carbonyl (C=O) groups excluding carboxylic acids is 3. The zero-order chi connectivity index (χ0) is 28.5. The van der Waals surface area contributed by atoms with Crippen molar-refractivity contribution in [3.8, 4) is 11.1 Å². The smallest absolute Gasteiger partial charge is 0.255 e. The van der Waals surface area contributed by atoms with Crippen LogP contribution in [0, 0.1) is 11.7 Å². The number of pyridine rings is 1. The van der Waals surface area contributed by atoms with E-state index in [0.29, 0.717) is 47.4 Å². The van der Waals surface area contributed by atoms with Crippen LogP contribution in [0.5, 0.6) is 0 Å².